The molecule has 2 heterocycles. The van der Waals surface area contributed by atoms with Gasteiger partial charge in [0, 0.05) is 37.7 Å². The van der Waals surface area contributed by atoms with Crippen molar-refractivity contribution in [3.05, 3.63) is 70.0 Å². The van der Waals surface area contributed by atoms with Crippen molar-refractivity contribution in [2.45, 2.75) is 32.9 Å². The van der Waals surface area contributed by atoms with Crippen molar-refractivity contribution in [2.75, 3.05) is 26.2 Å². The number of aromatic nitrogens is 2. The topological polar surface area (TPSA) is 76.5 Å². The van der Waals surface area contributed by atoms with Gasteiger partial charge in [-0.15, -0.1) is 0 Å². The monoisotopic (exact) mass is 438 g/mol. The van der Waals surface area contributed by atoms with Crippen molar-refractivity contribution in [1.82, 2.24) is 19.8 Å². The average Bonchev–Trinajstić information content (AvgIpc) is 3.00. The van der Waals surface area contributed by atoms with Gasteiger partial charge in [0.05, 0.1) is 17.4 Å². The van der Waals surface area contributed by atoms with Crippen molar-refractivity contribution < 1.29 is 13.9 Å². The molecule has 0 aliphatic carbocycles. The van der Waals surface area contributed by atoms with Crippen molar-refractivity contribution in [2.24, 2.45) is 0 Å². The Kier molecular flexibility index (Phi) is 6.50. The first-order chi connectivity index (χ1) is 15.4. The van der Waals surface area contributed by atoms with Gasteiger partial charge in [0.1, 0.15) is 24.0 Å². The molecular formula is C24H27FN4O3. The molecule has 0 spiro atoms. The fourth-order valence-electron chi connectivity index (χ4n) is 3.90. The summed E-state index contributed by atoms with van der Waals surface area (Å²) >= 11 is 0. The molecule has 1 aromatic heterocycles. The molecule has 0 fully saturated rings. The summed E-state index contributed by atoms with van der Waals surface area (Å²) < 4.78 is 20.2. The maximum Gasteiger partial charge on any atom is 0.261 e. The van der Waals surface area contributed by atoms with Crippen LogP contribution in [0.5, 0.6) is 5.75 Å². The molecule has 7 nitrogen and oxygen atoms in total. The van der Waals surface area contributed by atoms with E-state index in [-0.39, 0.29) is 23.9 Å². The van der Waals surface area contributed by atoms with E-state index in [1.807, 2.05) is 0 Å². The summed E-state index contributed by atoms with van der Waals surface area (Å²) in [5.74, 6) is 0.699. The van der Waals surface area contributed by atoms with Crippen LogP contribution >= 0.6 is 0 Å². The summed E-state index contributed by atoms with van der Waals surface area (Å²) in [6.45, 7) is 7.13. The molecule has 0 saturated carbocycles. The zero-order chi connectivity index (χ0) is 22.7. The molecule has 0 saturated heterocycles. The number of nitrogens with one attached hydrogen (secondary N) is 1. The Bertz CT molecular complexity index is 1170. The number of halogens is 1. The lowest BCUT2D eigenvalue weighted by Crippen LogP contribution is -2.34. The fourth-order valence-corrected chi connectivity index (χ4v) is 3.90. The average molecular weight is 439 g/mol. The number of ether oxygens (including phenoxy) is 1. The molecule has 0 unspecified atom stereocenters. The predicted molar refractivity (Wildman–Crippen MR) is 121 cm³/mol. The van der Waals surface area contributed by atoms with Crippen LogP contribution < -0.4 is 15.6 Å². The number of hydrogen-bond donors (Lipinski definition) is 1. The first-order valence-electron chi connectivity index (χ1n) is 10.9. The molecule has 32 heavy (non-hydrogen) atoms. The molecular weight excluding hydrogens is 411 g/mol. The third kappa shape index (κ3) is 4.80. The van der Waals surface area contributed by atoms with E-state index >= 15 is 0 Å². The smallest absolute Gasteiger partial charge is 0.261 e. The minimum Gasteiger partial charge on any atom is -0.492 e. The maximum atomic E-state index is 13.0. The highest BCUT2D eigenvalue weighted by molar-refractivity contribution is 5.97. The van der Waals surface area contributed by atoms with E-state index in [1.54, 1.807) is 22.8 Å². The summed E-state index contributed by atoms with van der Waals surface area (Å²) in [5, 5.41) is 3.31. The lowest BCUT2D eigenvalue weighted by molar-refractivity contribution is 0.0947. The fraction of sp³-hybridized carbons (Fsp3) is 0.375. The Morgan fingerprint density at radius 2 is 1.94 bits per heavy atom. The maximum absolute atomic E-state index is 13.0. The molecule has 0 radical (unpaired) electrons. The highest BCUT2D eigenvalue weighted by Gasteiger charge is 2.19. The SMILES string of the molecule is CC(C)N1CCc2nc3cc(C(=O)NCCOc4ccc(F)cc4)ccc3c(=O)n2CC1. The van der Waals surface area contributed by atoms with Gasteiger partial charge in [-0.25, -0.2) is 9.37 Å². The van der Waals surface area contributed by atoms with Crippen LogP contribution in [0.3, 0.4) is 0 Å². The van der Waals surface area contributed by atoms with Gasteiger partial charge in [0.2, 0.25) is 0 Å². The Hall–Kier alpha value is -3.26. The van der Waals surface area contributed by atoms with Crippen LogP contribution in [0.2, 0.25) is 0 Å². The Labute approximate surface area is 185 Å². The van der Waals surface area contributed by atoms with Gasteiger partial charge in [0.25, 0.3) is 11.5 Å². The van der Waals surface area contributed by atoms with E-state index in [4.69, 9.17) is 9.72 Å². The number of benzene rings is 2. The molecule has 1 N–H and O–H groups in total. The van der Waals surface area contributed by atoms with Crippen LogP contribution in [-0.2, 0) is 13.0 Å². The number of carbonyl (C=O) groups excluding carboxylic acids is 1. The molecule has 8 heteroatoms. The summed E-state index contributed by atoms with van der Waals surface area (Å²) in [7, 11) is 0. The molecule has 1 aliphatic heterocycles. The zero-order valence-electron chi connectivity index (χ0n) is 18.3. The number of rotatable bonds is 6. The van der Waals surface area contributed by atoms with Crippen molar-refractivity contribution in [1.29, 1.82) is 0 Å². The van der Waals surface area contributed by atoms with E-state index < -0.39 is 0 Å². The largest absolute Gasteiger partial charge is 0.492 e. The van der Waals surface area contributed by atoms with Crippen LogP contribution in [0.1, 0.15) is 30.0 Å². The first-order valence-corrected chi connectivity index (χ1v) is 10.9. The van der Waals surface area contributed by atoms with Crippen LogP contribution in [0, 0.1) is 5.82 Å². The van der Waals surface area contributed by atoms with Gasteiger partial charge in [-0.05, 0) is 56.3 Å². The number of amides is 1. The van der Waals surface area contributed by atoms with Gasteiger partial charge >= 0.3 is 0 Å². The van der Waals surface area contributed by atoms with Crippen LogP contribution in [0.15, 0.2) is 47.3 Å². The second kappa shape index (κ2) is 9.48. The van der Waals surface area contributed by atoms with Gasteiger partial charge in [-0.3, -0.25) is 19.1 Å². The zero-order valence-corrected chi connectivity index (χ0v) is 18.3. The summed E-state index contributed by atoms with van der Waals surface area (Å²) in [5.41, 5.74) is 0.915. The molecule has 168 valence electrons. The summed E-state index contributed by atoms with van der Waals surface area (Å²) in [4.78, 5) is 32.6. The Morgan fingerprint density at radius 3 is 2.69 bits per heavy atom. The molecule has 3 aromatic rings. The minimum atomic E-state index is -0.329. The molecule has 0 atom stereocenters. The Balaban J connectivity index is 1.44. The molecule has 2 aromatic carbocycles. The van der Waals surface area contributed by atoms with E-state index in [1.165, 1.54) is 24.3 Å². The molecule has 1 amide bonds. The second-order valence-corrected chi connectivity index (χ2v) is 8.15. The second-order valence-electron chi connectivity index (χ2n) is 8.15. The summed E-state index contributed by atoms with van der Waals surface area (Å²) in [6, 6.07) is 11.1. The molecule has 1 aliphatic rings. The summed E-state index contributed by atoms with van der Waals surface area (Å²) in [6.07, 6.45) is 0.695. The number of carbonyl (C=O) groups is 1. The lowest BCUT2D eigenvalue weighted by Gasteiger charge is -2.23. The van der Waals surface area contributed by atoms with E-state index in [9.17, 15) is 14.0 Å². The van der Waals surface area contributed by atoms with Gasteiger partial charge in [-0.2, -0.15) is 0 Å². The minimum absolute atomic E-state index is 0.0599. The number of hydrogen-bond acceptors (Lipinski definition) is 5. The number of fused-ring (bicyclic) bond motifs is 2. The third-order valence-electron chi connectivity index (χ3n) is 5.73. The predicted octanol–water partition coefficient (Wildman–Crippen LogP) is 2.61. The van der Waals surface area contributed by atoms with Crippen molar-refractivity contribution in [3.8, 4) is 5.75 Å². The lowest BCUT2D eigenvalue weighted by atomic mass is 10.1. The molecule has 0 bridgehead atoms. The van der Waals surface area contributed by atoms with Crippen molar-refractivity contribution >= 4 is 16.8 Å². The first kappa shape index (κ1) is 22.0. The highest BCUT2D eigenvalue weighted by Crippen LogP contribution is 2.15. The molecule has 4 rings (SSSR count). The van der Waals surface area contributed by atoms with Crippen molar-refractivity contribution in [3.63, 3.8) is 0 Å². The van der Waals surface area contributed by atoms with E-state index in [0.29, 0.717) is 47.8 Å². The quantitative estimate of drug-likeness (QED) is 0.599. The van der Waals surface area contributed by atoms with E-state index in [2.05, 4.69) is 24.1 Å². The van der Waals surface area contributed by atoms with Crippen LogP contribution in [-0.4, -0.2) is 52.6 Å². The van der Waals surface area contributed by atoms with Gasteiger partial charge in [-0.1, -0.05) is 0 Å². The van der Waals surface area contributed by atoms with Crippen LogP contribution in [0.25, 0.3) is 10.9 Å². The third-order valence-corrected chi connectivity index (χ3v) is 5.73. The standard InChI is InChI=1S/C24H27FN4O3/c1-16(2)28-11-9-22-27-21-15-17(3-8-20(21)24(31)29(22)13-12-28)23(30)26-10-14-32-19-6-4-18(25)5-7-19/h3-8,15-16H,9-14H2,1-2H3,(H,26,30). The van der Waals surface area contributed by atoms with E-state index in [0.717, 1.165) is 18.9 Å². The van der Waals surface area contributed by atoms with Gasteiger partial charge in [0.15, 0.2) is 0 Å². The Morgan fingerprint density at radius 1 is 1.16 bits per heavy atom. The van der Waals surface area contributed by atoms with Gasteiger partial charge < -0.3 is 10.1 Å². The highest BCUT2D eigenvalue weighted by atomic mass is 19.1. The number of nitrogens with zero attached hydrogens (tertiary/aromatic N) is 3. The van der Waals surface area contributed by atoms with Crippen LogP contribution in [0.4, 0.5) is 4.39 Å². The normalized spacial score (nSPS) is 14.2.